The van der Waals surface area contributed by atoms with Gasteiger partial charge in [0.05, 0.1) is 0 Å². The van der Waals surface area contributed by atoms with Gasteiger partial charge in [0.25, 0.3) is 0 Å². The average Bonchev–Trinajstić information content (AvgIpc) is 2.82. The molecule has 2 heterocycles. The predicted octanol–water partition coefficient (Wildman–Crippen LogP) is 2.85. The number of nitrogens with zero attached hydrogens (tertiary/aromatic N) is 1. The molecular formula is C16H23ClN2O. The van der Waals surface area contributed by atoms with Crippen LogP contribution < -0.4 is 10.5 Å². The van der Waals surface area contributed by atoms with Crippen LogP contribution in [0.2, 0.25) is 5.02 Å². The molecular weight excluding hydrogens is 272 g/mol. The van der Waals surface area contributed by atoms with E-state index >= 15 is 0 Å². The van der Waals surface area contributed by atoms with Crippen LogP contribution in [0.5, 0.6) is 5.75 Å². The van der Waals surface area contributed by atoms with Crippen molar-refractivity contribution in [3.8, 4) is 5.75 Å². The lowest BCUT2D eigenvalue weighted by Crippen LogP contribution is -2.45. The summed E-state index contributed by atoms with van der Waals surface area (Å²) in [6.45, 7) is 2.97. The van der Waals surface area contributed by atoms with Crippen molar-refractivity contribution in [1.82, 2.24) is 4.90 Å². The second-order valence-corrected chi connectivity index (χ2v) is 6.35. The number of nitrogens with two attached hydrogens (primary N) is 1. The SMILES string of the molecule is NCCC1CCCCN1CC1Cc2cc(Cl)ccc2O1. The summed E-state index contributed by atoms with van der Waals surface area (Å²) in [6, 6.07) is 6.57. The first-order chi connectivity index (χ1) is 9.76. The normalized spacial score (nSPS) is 26.3. The number of hydrogen-bond acceptors (Lipinski definition) is 3. The molecule has 110 valence electrons. The average molecular weight is 295 g/mol. The second kappa shape index (κ2) is 6.33. The summed E-state index contributed by atoms with van der Waals surface area (Å²) in [6.07, 6.45) is 6.26. The van der Waals surface area contributed by atoms with Gasteiger partial charge < -0.3 is 10.5 Å². The molecule has 1 aromatic carbocycles. The highest BCUT2D eigenvalue weighted by Crippen LogP contribution is 2.32. The van der Waals surface area contributed by atoms with Crippen LogP contribution in [0.25, 0.3) is 0 Å². The first-order valence-electron chi connectivity index (χ1n) is 7.65. The first-order valence-corrected chi connectivity index (χ1v) is 8.03. The van der Waals surface area contributed by atoms with E-state index in [0.717, 1.165) is 36.7 Å². The smallest absolute Gasteiger partial charge is 0.123 e. The lowest BCUT2D eigenvalue weighted by atomic mass is 9.98. The first kappa shape index (κ1) is 14.2. The maximum atomic E-state index is 6.06. The largest absolute Gasteiger partial charge is 0.488 e. The molecule has 1 fully saturated rings. The Morgan fingerprint density at radius 2 is 2.25 bits per heavy atom. The molecule has 2 aliphatic heterocycles. The molecule has 0 radical (unpaired) electrons. The summed E-state index contributed by atoms with van der Waals surface area (Å²) in [4.78, 5) is 2.58. The van der Waals surface area contributed by atoms with E-state index in [2.05, 4.69) is 4.90 Å². The van der Waals surface area contributed by atoms with Gasteiger partial charge >= 0.3 is 0 Å². The highest BCUT2D eigenvalue weighted by Gasteiger charge is 2.29. The highest BCUT2D eigenvalue weighted by molar-refractivity contribution is 6.30. The van der Waals surface area contributed by atoms with Crippen molar-refractivity contribution in [2.45, 2.75) is 44.2 Å². The van der Waals surface area contributed by atoms with Crippen molar-refractivity contribution in [3.05, 3.63) is 28.8 Å². The number of fused-ring (bicyclic) bond motifs is 1. The van der Waals surface area contributed by atoms with Crippen LogP contribution in [-0.4, -0.2) is 36.7 Å². The van der Waals surface area contributed by atoms with Crippen molar-refractivity contribution < 1.29 is 4.74 Å². The zero-order chi connectivity index (χ0) is 13.9. The standard InChI is InChI=1S/C16H23ClN2O/c17-13-4-5-16-12(9-13)10-15(20-16)11-19-8-2-1-3-14(19)6-7-18/h4-5,9,14-15H,1-3,6-8,10-11,18H2. The molecule has 3 rings (SSSR count). The minimum absolute atomic E-state index is 0.266. The summed E-state index contributed by atoms with van der Waals surface area (Å²) >= 11 is 6.05. The van der Waals surface area contributed by atoms with Crippen molar-refractivity contribution >= 4 is 11.6 Å². The Morgan fingerprint density at radius 3 is 3.10 bits per heavy atom. The molecule has 0 aromatic heterocycles. The van der Waals surface area contributed by atoms with Crippen molar-refractivity contribution in [2.24, 2.45) is 5.73 Å². The van der Waals surface area contributed by atoms with Gasteiger partial charge in [-0.3, -0.25) is 4.90 Å². The fraction of sp³-hybridized carbons (Fsp3) is 0.625. The molecule has 2 aliphatic rings. The number of likely N-dealkylation sites (tertiary alicyclic amines) is 1. The maximum Gasteiger partial charge on any atom is 0.123 e. The van der Waals surface area contributed by atoms with E-state index in [1.807, 2.05) is 18.2 Å². The number of rotatable bonds is 4. The van der Waals surface area contributed by atoms with Gasteiger partial charge in [-0.15, -0.1) is 0 Å². The van der Waals surface area contributed by atoms with Crippen molar-refractivity contribution in [3.63, 3.8) is 0 Å². The van der Waals surface area contributed by atoms with E-state index < -0.39 is 0 Å². The fourth-order valence-electron chi connectivity index (χ4n) is 3.47. The lowest BCUT2D eigenvalue weighted by molar-refractivity contribution is 0.0869. The molecule has 2 N–H and O–H groups in total. The third-order valence-corrected chi connectivity index (χ3v) is 4.69. The third-order valence-electron chi connectivity index (χ3n) is 4.45. The second-order valence-electron chi connectivity index (χ2n) is 5.92. The van der Waals surface area contributed by atoms with Crippen LogP contribution in [-0.2, 0) is 6.42 Å². The topological polar surface area (TPSA) is 38.5 Å². The summed E-state index contributed by atoms with van der Waals surface area (Å²) in [7, 11) is 0. The van der Waals surface area contributed by atoms with Crippen LogP contribution in [0.3, 0.4) is 0 Å². The van der Waals surface area contributed by atoms with E-state index in [0.29, 0.717) is 6.04 Å². The van der Waals surface area contributed by atoms with Gasteiger partial charge in [-0.1, -0.05) is 18.0 Å². The summed E-state index contributed by atoms with van der Waals surface area (Å²) in [5.41, 5.74) is 6.99. The number of ether oxygens (including phenoxy) is 1. The van der Waals surface area contributed by atoms with Crippen molar-refractivity contribution in [2.75, 3.05) is 19.6 Å². The number of benzene rings is 1. The highest BCUT2D eigenvalue weighted by atomic mass is 35.5. The van der Waals surface area contributed by atoms with E-state index in [4.69, 9.17) is 22.1 Å². The van der Waals surface area contributed by atoms with Crippen LogP contribution in [0.4, 0.5) is 0 Å². The van der Waals surface area contributed by atoms with Gasteiger partial charge in [0.1, 0.15) is 11.9 Å². The van der Waals surface area contributed by atoms with Gasteiger partial charge in [-0.25, -0.2) is 0 Å². The molecule has 0 aliphatic carbocycles. The lowest BCUT2D eigenvalue weighted by Gasteiger charge is -2.36. The number of halogens is 1. The Hall–Kier alpha value is -0.770. The molecule has 1 saturated heterocycles. The third kappa shape index (κ3) is 3.11. The fourth-order valence-corrected chi connectivity index (χ4v) is 3.67. The maximum absolute atomic E-state index is 6.06. The Bertz CT molecular complexity index is 464. The van der Waals surface area contributed by atoms with Gasteiger partial charge in [0, 0.05) is 24.0 Å². The van der Waals surface area contributed by atoms with Crippen LogP contribution in [0, 0.1) is 0 Å². The van der Waals surface area contributed by atoms with E-state index in [1.54, 1.807) is 0 Å². The van der Waals surface area contributed by atoms with Crippen LogP contribution in [0.1, 0.15) is 31.2 Å². The minimum Gasteiger partial charge on any atom is -0.488 e. The molecule has 20 heavy (non-hydrogen) atoms. The summed E-state index contributed by atoms with van der Waals surface area (Å²) < 4.78 is 6.06. The zero-order valence-electron chi connectivity index (χ0n) is 11.9. The summed E-state index contributed by atoms with van der Waals surface area (Å²) in [5, 5.41) is 0.798. The van der Waals surface area contributed by atoms with Gasteiger partial charge in [0.15, 0.2) is 0 Å². The molecule has 1 aromatic rings. The summed E-state index contributed by atoms with van der Waals surface area (Å²) in [5.74, 6) is 1.01. The molecule has 0 amide bonds. The molecule has 0 spiro atoms. The monoisotopic (exact) mass is 294 g/mol. The van der Waals surface area contributed by atoms with E-state index in [-0.39, 0.29) is 6.10 Å². The minimum atomic E-state index is 0.266. The number of hydrogen-bond donors (Lipinski definition) is 1. The molecule has 0 bridgehead atoms. The molecule has 3 nitrogen and oxygen atoms in total. The molecule has 0 saturated carbocycles. The van der Waals surface area contributed by atoms with Gasteiger partial charge in [-0.05, 0) is 56.1 Å². The Labute approximate surface area is 126 Å². The Balaban J connectivity index is 1.61. The zero-order valence-corrected chi connectivity index (χ0v) is 12.6. The molecule has 2 atom stereocenters. The van der Waals surface area contributed by atoms with Crippen LogP contribution >= 0.6 is 11.6 Å². The predicted molar refractivity (Wildman–Crippen MR) is 82.5 cm³/mol. The van der Waals surface area contributed by atoms with Gasteiger partial charge in [0.2, 0.25) is 0 Å². The Morgan fingerprint density at radius 1 is 1.35 bits per heavy atom. The molecule has 4 heteroatoms. The van der Waals surface area contributed by atoms with E-state index in [9.17, 15) is 0 Å². The van der Waals surface area contributed by atoms with Crippen LogP contribution in [0.15, 0.2) is 18.2 Å². The van der Waals surface area contributed by atoms with E-state index in [1.165, 1.54) is 31.4 Å². The Kier molecular flexibility index (Phi) is 4.49. The van der Waals surface area contributed by atoms with Gasteiger partial charge in [-0.2, -0.15) is 0 Å². The molecule has 2 unspecified atom stereocenters. The number of piperidine rings is 1. The van der Waals surface area contributed by atoms with Crippen molar-refractivity contribution in [1.29, 1.82) is 0 Å². The quantitative estimate of drug-likeness (QED) is 0.928.